The van der Waals surface area contributed by atoms with Gasteiger partial charge in [0.15, 0.2) is 0 Å². The Morgan fingerprint density at radius 1 is 0.667 bits per heavy atom. The zero-order valence-corrected chi connectivity index (χ0v) is 25.3. The number of nitrogens with zero attached hydrogens (tertiary/aromatic N) is 2. The van der Waals surface area contributed by atoms with Crippen molar-refractivity contribution in [3.8, 4) is 34.5 Å². The lowest BCUT2D eigenvalue weighted by Gasteiger charge is -2.22. The summed E-state index contributed by atoms with van der Waals surface area (Å²) in [5, 5.41) is 15.6. The van der Waals surface area contributed by atoms with E-state index in [1.54, 1.807) is 19.2 Å². The van der Waals surface area contributed by atoms with E-state index in [1.807, 2.05) is 0 Å². The quantitative estimate of drug-likeness (QED) is 0.265. The minimum atomic E-state index is -0.142. The largest absolute Gasteiger partial charge is 0.508 e. The van der Waals surface area contributed by atoms with Gasteiger partial charge in [-0.1, -0.05) is 0 Å². The van der Waals surface area contributed by atoms with E-state index in [9.17, 15) is 14.7 Å². The first-order chi connectivity index (χ1) is 20.3. The molecule has 0 saturated carbocycles. The Labute approximate surface area is 247 Å². The molecule has 1 aliphatic heterocycles. The molecule has 1 aliphatic rings. The highest BCUT2D eigenvalue weighted by Crippen LogP contribution is 2.39. The van der Waals surface area contributed by atoms with Crippen LogP contribution in [0.25, 0.3) is 0 Å². The average molecular weight is 589 g/mol. The molecular weight excluding hydrogens is 544 g/mol. The summed E-state index contributed by atoms with van der Waals surface area (Å²) >= 11 is 0. The number of rotatable bonds is 15. The molecule has 12 heteroatoms. The monoisotopic (exact) mass is 588 g/mol. The topological polar surface area (TPSA) is 131 Å². The van der Waals surface area contributed by atoms with E-state index in [-0.39, 0.29) is 17.6 Å². The minimum absolute atomic E-state index is 0.00457. The van der Waals surface area contributed by atoms with E-state index < -0.39 is 0 Å². The van der Waals surface area contributed by atoms with Gasteiger partial charge in [0, 0.05) is 50.2 Å². The fourth-order valence-corrected chi connectivity index (χ4v) is 4.95. The fraction of sp³-hybridized carbons (Fsp3) is 0.533. The van der Waals surface area contributed by atoms with Crippen molar-refractivity contribution in [1.29, 1.82) is 0 Å². The van der Waals surface area contributed by atoms with Crippen molar-refractivity contribution in [2.75, 3.05) is 85.5 Å². The Balaban J connectivity index is 1.39. The Morgan fingerprint density at radius 3 is 1.45 bits per heavy atom. The highest BCUT2D eigenvalue weighted by atomic mass is 16.5. The molecule has 42 heavy (non-hydrogen) atoms. The second-order valence-electron chi connectivity index (χ2n) is 9.97. The molecule has 2 amide bonds. The number of aromatic hydroxyl groups is 1. The van der Waals surface area contributed by atoms with E-state index in [0.717, 1.165) is 52.1 Å². The van der Waals surface area contributed by atoms with E-state index in [2.05, 4.69) is 20.4 Å². The number of carbonyl (C=O) groups is 2. The molecule has 232 valence electrons. The zero-order chi connectivity index (χ0) is 30.5. The maximum absolute atomic E-state index is 12.7. The molecule has 1 saturated heterocycles. The lowest BCUT2D eigenvalue weighted by molar-refractivity contribution is -0.117. The molecule has 1 fully saturated rings. The van der Waals surface area contributed by atoms with Crippen LogP contribution in [0.2, 0.25) is 0 Å². The van der Waals surface area contributed by atoms with Gasteiger partial charge in [0.05, 0.1) is 35.5 Å². The van der Waals surface area contributed by atoms with Crippen LogP contribution in [0, 0.1) is 0 Å². The molecule has 0 atom stereocenters. The third-order valence-electron chi connectivity index (χ3n) is 7.17. The van der Waals surface area contributed by atoms with E-state index >= 15 is 0 Å². The number of phenolic OH excluding ortho intramolecular Hbond substituents is 1. The smallest absolute Gasteiger partial charge is 0.224 e. The first-order valence-corrected chi connectivity index (χ1v) is 14.1. The Hall–Kier alpha value is -3.90. The molecular formula is C30H44N4O8. The van der Waals surface area contributed by atoms with Gasteiger partial charge in [-0.2, -0.15) is 0 Å². The first-order valence-electron chi connectivity index (χ1n) is 14.1. The number of methoxy groups -OCH3 is 5. The maximum atomic E-state index is 12.7. The predicted molar refractivity (Wildman–Crippen MR) is 161 cm³/mol. The van der Waals surface area contributed by atoms with E-state index in [0.29, 0.717) is 59.4 Å². The maximum Gasteiger partial charge on any atom is 0.224 e. The number of hydrogen-bond donors (Lipinski definition) is 3. The van der Waals surface area contributed by atoms with Crippen molar-refractivity contribution in [2.24, 2.45) is 0 Å². The van der Waals surface area contributed by atoms with Crippen molar-refractivity contribution in [1.82, 2.24) is 9.80 Å². The van der Waals surface area contributed by atoms with Crippen LogP contribution >= 0.6 is 0 Å². The van der Waals surface area contributed by atoms with Crippen LogP contribution in [-0.2, 0) is 9.59 Å². The number of anilines is 2. The van der Waals surface area contributed by atoms with Gasteiger partial charge < -0.3 is 49.2 Å². The zero-order valence-electron chi connectivity index (χ0n) is 25.3. The van der Waals surface area contributed by atoms with Crippen LogP contribution in [0.1, 0.15) is 32.1 Å². The highest BCUT2D eigenvalue weighted by molar-refractivity contribution is 5.95. The lowest BCUT2D eigenvalue weighted by atomic mass is 10.2. The molecule has 0 radical (unpaired) electrons. The van der Waals surface area contributed by atoms with Crippen LogP contribution in [0.4, 0.5) is 11.4 Å². The van der Waals surface area contributed by atoms with Gasteiger partial charge in [-0.25, -0.2) is 0 Å². The SMILES string of the molecule is COc1cc(OC)c(NC(=O)CCCN2CCCN(CCCC(=O)Nc3c(OC)cc(O)cc3OC)CC2)c(OC)c1. The summed E-state index contributed by atoms with van der Waals surface area (Å²) in [6.45, 7) is 5.41. The molecule has 0 spiro atoms. The normalized spacial score (nSPS) is 14.0. The van der Waals surface area contributed by atoms with Gasteiger partial charge in [0.2, 0.25) is 11.8 Å². The molecule has 2 aromatic carbocycles. The third-order valence-corrected chi connectivity index (χ3v) is 7.17. The third kappa shape index (κ3) is 9.31. The standard InChI is InChI=1S/C30H44N4O8/c1-38-22-19-25(41-4)30(26(20-22)42-5)32-28(37)10-7-12-34-14-8-13-33(15-16-34)11-6-9-27(36)31-29-23(39-2)17-21(35)18-24(29)40-3/h17-20,35H,6-16H2,1-5H3,(H,31,36)(H,32,37). The molecule has 12 nitrogen and oxygen atoms in total. The summed E-state index contributed by atoms with van der Waals surface area (Å²) in [7, 11) is 7.57. The number of phenols is 1. The number of carbonyl (C=O) groups excluding carboxylic acids is 2. The van der Waals surface area contributed by atoms with Crippen LogP contribution in [0.3, 0.4) is 0 Å². The molecule has 2 aromatic rings. The van der Waals surface area contributed by atoms with Gasteiger partial charge in [-0.15, -0.1) is 0 Å². The van der Waals surface area contributed by atoms with Crippen LogP contribution in [0.15, 0.2) is 24.3 Å². The second kappa shape index (κ2) is 16.5. The predicted octanol–water partition coefficient (Wildman–Crippen LogP) is 3.58. The average Bonchev–Trinajstić information content (AvgIpc) is 3.22. The van der Waals surface area contributed by atoms with Crippen molar-refractivity contribution < 1.29 is 38.4 Å². The summed E-state index contributed by atoms with van der Waals surface area (Å²) in [5.74, 6) is 1.96. The molecule has 0 aromatic heterocycles. The first kappa shape index (κ1) is 32.6. The second-order valence-corrected chi connectivity index (χ2v) is 9.97. The summed E-state index contributed by atoms with van der Waals surface area (Å²) in [6, 6.07) is 6.28. The molecule has 1 heterocycles. The van der Waals surface area contributed by atoms with Crippen LogP contribution in [-0.4, -0.2) is 102 Å². The van der Waals surface area contributed by atoms with E-state index in [1.165, 1.54) is 40.6 Å². The molecule has 0 aliphatic carbocycles. The molecule has 3 N–H and O–H groups in total. The van der Waals surface area contributed by atoms with Crippen molar-refractivity contribution in [2.45, 2.75) is 32.1 Å². The van der Waals surface area contributed by atoms with E-state index in [4.69, 9.17) is 23.7 Å². The fourth-order valence-electron chi connectivity index (χ4n) is 4.95. The lowest BCUT2D eigenvalue weighted by Crippen LogP contribution is -2.32. The summed E-state index contributed by atoms with van der Waals surface area (Å²) in [5.41, 5.74) is 0.899. The van der Waals surface area contributed by atoms with Gasteiger partial charge in [-0.3, -0.25) is 9.59 Å². The van der Waals surface area contributed by atoms with Crippen molar-refractivity contribution in [3.05, 3.63) is 24.3 Å². The Morgan fingerprint density at radius 2 is 1.07 bits per heavy atom. The van der Waals surface area contributed by atoms with Crippen molar-refractivity contribution >= 4 is 23.2 Å². The molecule has 0 unspecified atom stereocenters. The summed E-state index contributed by atoms with van der Waals surface area (Å²) in [4.78, 5) is 30.1. The number of nitrogens with one attached hydrogen (secondary N) is 2. The van der Waals surface area contributed by atoms with Crippen LogP contribution in [0.5, 0.6) is 34.5 Å². The van der Waals surface area contributed by atoms with Gasteiger partial charge in [-0.05, 0) is 45.4 Å². The Kier molecular flexibility index (Phi) is 12.8. The van der Waals surface area contributed by atoms with Gasteiger partial charge in [0.1, 0.15) is 45.9 Å². The van der Waals surface area contributed by atoms with Gasteiger partial charge in [0.25, 0.3) is 0 Å². The number of benzene rings is 2. The highest BCUT2D eigenvalue weighted by Gasteiger charge is 2.19. The summed E-state index contributed by atoms with van der Waals surface area (Å²) < 4.78 is 26.7. The summed E-state index contributed by atoms with van der Waals surface area (Å²) in [6.07, 6.45) is 3.21. The Bertz CT molecular complexity index is 1140. The van der Waals surface area contributed by atoms with Crippen LogP contribution < -0.4 is 34.3 Å². The number of amides is 2. The van der Waals surface area contributed by atoms with Crippen molar-refractivity contribution in [3.63, 3.8) is 0 Å². The minimum Gasteiger partial charge on any atom is -0.508 e. The number of hydrogen-bond acceptors (Lipinski definition) is 10. The molecule has 3 rings (SSSR count). The number of ether oxygens (including phenoxy) is 5. The molecule has 0 bridgehead atoms. The van der Waals surface area contributed by atoms with Gasteiger partial charge >= 0.3 is 0 Å².